The maximum absolute atomic E-state index is 13.0. The van der Waals surface area contributed by atoms with Crippen molar-refractivity contribution in [3.63, 3.8) is 0 Å². The van der Waals surface area contributed by atoms with Gasteiger partial charge >= 0.3 is 0 Å². The predicted molar refractivity (Wildman–Crippen MR) is 155 cm³/mol. The molecule has 1 fully saturated rings. The van der Waals surface area contributed by atoms with E-state index in [1.54, 1.807) is 54.6 Å². The Hall–Kier alpha value is -2.05. The van der Waals surface area contributed by atoms with Crippen molar-refractivity contribution >= 4 is 102 Å². The van der Waals surface area contributed by atoms with Gasteiger partial charge in [-0.15, -0.1) is 0 Å². The summed E-state index contributed by atoms with van der Waals surface area (Å²) in [7, 11) is 0. The van der Waals surface area contributed by atoms with Gasteiger partial charge in [0.2, 0.25) is 5.91 Å². The van der Waals surface area contributed by atoms with Gasteiger partial charge in [0.05, 0.1) is 4.91 Å². The normalized spacial score (nSPS) is 14.4. The van der Waals surface area contributed by atoms with E-state index in [2.05, 4.69) is 43.8 Å². The van der Waals surface area contributed by atoms with Gasteiger partial charge in [0.15, 0.2) is 0 Å². The zero-order chi connectivity index (χ0) is 25.8. The molecule has 0 radical (unpaired) electrons. The van der Waals surface area contributed by atoms with Crippen LogP contribution in [-0.4, -0.2) is 28.5 Å². The summed E-state index contributed by atoms with van der Waals surface area (Å²) in [6.07, 6.45) is 1.57. The average Bonchev–Trinajstić information content (AvgIpc) is 3.08. The van der Waals surface area contributed by atoms with Gasteiger partial charge < -0.3 is 10.1 Å². The molecule has 1 N–H and O–H groups in total. The second-order valence-corrected chi connectivity index (χ2v) is 11.5. The highest BCUT2D eigenvalue weighted by Crippen LogP contribution is 2.35. The molecule has 0 atom stereocenters. The summed E-state index contributed by atoms with van der Waals surface area (Å²) < 4.78 is 7.75. The third kappa shape index (κ3) is 6.83. The molecule has 4 rings (SSSR count). The molecule has 3 aromatic rings. The summed E-state index contributed by atoms with van der Waals surface area (Å²) in [5.74, 6) is -0.520. The van der Waals surface area contributed by atoms with Gasteiger partial charge in [-0.05, 0) is 95.0 Å². The zero-order valence-electron chi connectivity index (χ0n) is 18.3. The summed E-state index contributed by atoms with van der Waals surface area (Å²) in [6.45, 7) is -0.205. The lowest BCUT2D eigenvalue weighted by Gasteiger charge is -2.13. The van der Waals surface area contributed by atoms with Crippen molar-refractivity contribution in [2.75, 3.05) is 11.9 Å². The second-order valence-electron chi connectivity index (χ2n) is 7.53. The first kappa shape index (κ1) is 27.0. The maximum atomic E-state index is 13.0. The first-order chi connectivity index (χ1) is 17.2. The van der Waals surface area contributed by atoms with E-state index < -0.39 is 17.1 Å². The molecule has 3 amide bonds. The van der Waals surface area contributed by atoms with E-state index in [0.29, 0.717) is 27.0 Å². The molecule has 11 heteroatoms. The highest BCUT2D eigenvalue weighted by molar-refractivity contribution is 14.1. The van der Waals surface area contributed by atoms with Crippen LogP contribution in [0, 0.1) is 3.57 Å². The minimum atomic E-state index is -0.547. The molecule has 6 nitrogen and oxygen atoms in total. The van der Waals surface area contributed by atoms with Crippen molar-refractivity contribution in [3.05, 3.63) is 94.8 Å². The van der Waals surface area contributed by atoms with Crippen LogP contribution in [-0.2, 0) is 16.2 Å². The fraction of sp³-hybridized carbons (Fsp3) is 0.0800. The standard InChI is InChI=1S/C25H16BrCl2IN2O4S/c26-16-2-8-21(35-13-14-1-3-17(27)11-20(14)28)15(9-16)10-22-24(33)31(25(34)36-22)12-23(32)30-19-6-4-18(29)5-7-19/h1-11H,12-13H2,(H,30,32)/b22-10-. The van der Waals surface area contributed by atoms with Gasteiger partial charge in [-0.25, -0.2) is 0 Å². The van der Waals surface area contributed by atoms with Crippen molar-refractivity contribution in [3.8, 4) is 5.75 Å². The number of halogens is 4. The van der Waals surface area contributed by atoms with Gasteiger partial charge in [0.1, 0.15) is 18.9 Å². The van der Waals surface area contributed by atoms with Gasteiger partial charge in [-0.2, -0.15) is 0 Å². The second kappa shape index (κ2) is 12.0. The molecule has 36 heavy (non-hydrogen) atoms. The summed E-state index contributed by atoms with van der Waals surface area (Å²) in [6, 6.07) is 17.6. The van der Waals surface area contributed by atoms with Crippen molar-refractivity contribution in [1.29, 1.82) is 0 Å². The first-order valence-electron chi connectivity index (χ1n) is 10.4. The number of hydrogen-bond acceptors (Lipinski definition) is 5. The Morgan fingerprint density at radius 2 is 1.83 bits per heavy atom. The lowest BCUT2D eigenvalue weighted by Crippen LogP contribution is -2.36. The lowest BCUT2D eigenvalue weighted by atomic mass is 10.1. The highest BCUT2D eigenvalue weighted by Gasteiger charge is 2.36. The average molecular weight is 718 g/mol. The first-order valence-corrected chi connectivity index (χ1v) is 13.8. The smallest absolute Gasteiger partial charge is 0.294 e. The van der Waals surface area contributed by atoms with E-state index in [-0.39, 0.29) is 18.1 Å². The summed E-state index contributed by atoms with van der Waals surface area (Å²) in [5.41, 5.74) is 1.91. The van der Waals surface area contributed by atoms with Crippen LogP contribution in [0.15, 0.2) is 70.0 Å². The largest absolute Gasteiger partial charge is 0.488 e. The Labute approximate surface area is 243 Å². The molecule has 3 aromatic carbocycles. The van der Waals surface area contributed by atoms with E-state index in [1.165, 1.54) is 0 Å². The molecular formula is C25H16BrCl2IN2O4S. The van der Waals surface area contributed by atoms with E-state index in [0.717, 1.165) is 30.3 Å². The van der Waals surface area contributed by atoms with E-state index in [9.17, 15) is 14.4 Å². The molecule has 1 aliphatic heterocycles. The topological polar surface area (TPSA) is 75.7 Å². The van der Waals surface area contributed by atoms with Crippen LogP contribution in [0.3, 0.4) is 0 Å². The number of benzene rings is 3. The van der Waals surface area contributed by atoms with Gasteiger partial charge in [-0.1, -0.05) is 45.2 Å². The third-order valence-electron chi connectivity index (χ3n) is 4.96. The van der Waals surface area contributed by atoms with Crippen LogP contribution >= 0.6 is 73.5 Å². The summed E-state index contributed by atoms with van der Waals surface area (Å²) >= 11 is 18.6. The minimum Gasteiger partial charge on any atom is -0.488 e. The Balaban J connectivity index is 1.48. The molecule has 0 spiro atoms. The molecule has 0 aliphatic carbocycles. The highest BCUT2D eigenvalue weighted by atomic mass is 127. The molecule has 0 bridgehead atoms. The Kier molecular flexibility index (Phi) is 9.00. The van der Waals surface area contributed by atoms with Crippen LogP contribution in [0.1, 0.15) is 11.1 Å². The molecule has 1 aliphatic rings. The minimum absolute atomic E-state index is 0.179. The van der Waals surface area contributed by atoms with Crippen LogP contribution < -0.4 is 10.1 Å². The molecular weight excluding hydrogens is 702 g/mol. The van der Waals surface area contributed by atoms with E-state index >= 15 is 0 Å². The van der Waals surface area contributed by atoms with E-state index in [4.69, 9.17) is 27.9 Å². The number of nitrogens with one attached hydrogen (secondary N) is 1. The Morgan fingerprint density at radius 1 is 1.08 bits per heavy atom. The number of carbonyl (C=O) groups excluding carboxylic acids is 3. The van der Waals surface area contributed by atoms with Crippen molar-refractivity contribution in [2.24, 2.45) is 0 Å². The molecule has 0 unspecified atom stereocenters. The predicted octanol–water partition coefficient (Wildman–Crippen LogP) is 7.61. The van der Waals surface area contributed by atoms with Crippen molar-refractivity contribution in [2.45, 2.75) is 6.61 Å². The fourth-order valence-electron chi connectivity index (χ4n) is 3.21. The number of rotatable bonds is 7. The fourth-order valence-corrected chi connectivity index (χ4v) is 5.24. The molecule has 1 heterocycles. The van der Waals surface area contributed by atoms with Crippen molar-refractivity contribution < 1.29 is 19.1 Å². The Morgan fingerprint density at radius 3 is 2.56 bits per heavy atom. The number of amides is 3. The molecule has 0 aromatic heterocycles. The van der Waals surface area contributed by atoms with E-state index in [1.807, 2.05) is 12.1 Å². The zero-order valence-corrected chi connectivity index (χ0v) is 24.3. The van der Waals surface area contributed by atoms with Crippen LogP contribution in [0.25, 0.3) is 6.08 Å². The lowest BCUT2D eigenvalue weighted by molar-refractivity contribution is -0.127. The SMILES string of the molecule is O=C(CN1C(=O)S/C(=C\c2cc(Br)ccc2OCc2ccc(Cl)cc2Cl)C1=O)Nc1ccc(I)cc1. The number of nitrogens with zero attached hydrogens (tertiary/aromatic N) is 1. The quantitative estimate of drug-likeness (QED) is 0.201. The number of carbonyl (C=O) groups is 3. The number of hydrogen-bond donors (Lipinski definition) is 1. The van der Waals surface area contributed by atoms with Crippen LogP contribution in [0.4, 0.5) is 10.5 Å². The van der Waals surface area contributed by atoms with Crippen LogP contribution in [0.5, 0.6) is 5.75 Å². The summed E-state index contributed by atoms with van der Waals surface area (Å²) in [5, 5.41) is 3.18. The van der Waals surface area contributed by atoms with Crippen molar-refractivity contribution in [1.82, 2.24) is 4.90 Å². The number of thioether (sulfide) groups is 1. The van der Waals surface area contributed by atoms with Gasteiger partial charge in [0.25, 0.3) is 11.1 Å². The Bertz CT molecular complexity index is 1380. The number of anilines is 1. The maximum Gasteiger partial charge on any atom is 0.294 e. The monoisotopic (exact) mass is 716 g/mol. The van der Waals surface area contributed by atoms with Gasteiger partial charge in [-0.3, -0.25) is 19.3 Å². The number of ether oxygens (including phenoxy) is 1. The molecule has 184 valence electrons. The van der Waals surface area contributed by atoms with Crippen LogP contribution in [0.2, 0.25) is 10.0 Å². The third-order valence-corrected chi connectivity index (χ3v) is 7.67. The summed E-state index contributed by atoms with van der Waals surface area (Å²) in [4.78, 5) is 39.0. The molecule has 0 saturated carbocycles. The number of imide groups is 1. The molecule has 1 saturated heterocycles. The van der Waals surface area contributed by atoms with Gasteiger partial charge in [0, 0.05) is 34.9 Å².